The number of halogens is 1. The molecule has 0 radical (unpaired) electrons. The molecule has 1 aliphatic rings. The Bertz CT molecular complexity index is 566. The van der Waals surface area contributed by atoms with Crippen LogP contribution in [0.3, 0.4) is 0 Å². The molecule has 19 heavy (non-hydrogen) atoms. The molecule has 0 spiro atoms. The number of rotatable bonds is 3. The van der Waals surface area contributed by atoms with Crippen LogP contribution in [0.15, 0.2) is 18.2 Å². The molecule has 0 amide bonds. The summed E-state index contributed by atoms with van der Waals surface area (Å²) in [6, 6.07) is 5.90. The van der Waals surface area contributed by atoms with Gasteiger partial charge in [0.1, 0.15) is 0 Å². The summed E-state index contributed by atoms with van der Waals surface area (Å²) in [5.41, 5.74) is 0.997. The normalized spacial score (nSPS) is 23.7. The van der Waals surface area contributed by atoms with Gasteiger partial charge in [0.15, 0.2) is 5.13 Å². The first-order chi connectivity index (χ1) is 9.24. The van der Waals surface area contributed by atoms with E-state index in [1.54, 1.807) is 11.3 Å². The minimum Gasteiger partial charge on any atom is -0.361 e. The number of benzene rings is 1. The summed E-state index contributed by atoms with van der Waals surface area (Å²) in [6.07, 6.45) is 5.49. The zero-order valence-electron chi connectivity index (χ0n) is 11.2. The van der Waals surface area contributed by atoms with Gasteiger partial charge in [-0.15, -0.1) is 0 Å². The van der Waals surface area contributed by atoms with Crippen molar-refractivity contribution < 1.29 is 0 Å². The van der Waals surface area contributed by atoms with Crippen molar-refractivity contribution in [1.82, 2.24) is 4.98 Å². The molecule has 2 atom stereocenters. The van der Waals surface area contributed by atoms with Crippen molar-refractivity contribution in [3.8, 4) is 0 Å². The Balaban J connectivity index is 1.69. The SMILES string of the molecule is CC1CCCCC1CNc1nc2cccc(Cl)c2s1. The molecule has 102 valence electrons. The number of anilines is 1. The molecule has 1 aliphatic carbocycles. The fourth-order valence-corrected chi connectivity index (χ4v) is 4.07. The van der Waals surface area contributed by atoms with E-state index in [2.05, 4.69) is 17.2 Å². The Hall–Kier alpha value is -0.800. The quantitative estimate of drug-likeness (QED) is 0.843. The summed E-state index contributed by atoms with van der Waals surface area (Å²) in [4.78, 5) is 4.61. The summed E-state index contributed by atoms with van der Waals surface area (Å²) < 4.78 is 1.09. The van der Waals surface area contributed by atoms with Crippen LogP contribution in [0, 0.1) is 11.8 Å². The average molecular weight is 295 g/mol. The smallest absolute Gasteiger partial charge is 0.183 e. The third-order valence-corrected chi connectivity index (χ3v) is 5.66. The summed E-state index contributed by atoms with van der Waals surface area (Å²) in [5.74, 6) is 1.62. The van der Waals surface area contributed by atoms with Crippen LogP contribution < -0.4 is 5.32 Å². The molecule has 1 fully saturated rings. The molecule has 2 unspecified atom stereocenters. The highest BCUT2D eigenvalue weighted by Gasteiger charge is 2.21. The maximum Gasteiger partial charge on any atom is 0.183 e. The molecule has 2 nitrogen and oxygen atoms in total. The molecule has 1 N–H and O–H groups in total. The molecule has 4 heteroatoms. The highest BCUT2D eigenvalue weighted by atomic mass is 35.5. The first-order valence-electron chi connectivity index (χ1n) is 7.03. The number of thiazole rings is 1. The van der Waals surface area contributed by atoms with Crippen LogP contribution in [0.5, 0.6) is 0 Å². The van der Waals surface area contributed by atoms with E-state index in [1.807, 2.05) is 18.2 Å². The minimum absolute atomic E-state index is 0.788. The predicted molar refractivity (Wildman–Crippen MR) is 84.2 cm³/mol. The number of aromatic nitrogens is 1. The van der Waals surface area contributed by atoms with E-state index in [9.17, 15) is 0 Å². The maximum absolute atomic E-state index is 6.19. The standard InChI is InChI=1S/C15H19ClN2S/c1-10-5-2-3-6-11(10)9-17-15-18-13-8-4-7-12(16)14(13)19-15/h4,7-8,10-11H,2-3,5-6,9H2,1H3,(H,17,18). The molecule has 1 aromatic carbocycles. The second-order valence-electron chi connectivity index (χ2n) is 5.51. The lowest BCUT2D eigenvalue weighted by molar-refractivity contribution is 0.268. The summed E-state index contributed by atoms with van der Waals surface area (Å²) in [6.45, 7) is 3.42. The monoisotopic (exact) mass is 294 g/mol. The van der Waals surface area contributed by atoms with Gasteiger partial charge in [0, 0.05) is 6.54 Å². The molecule has 0 aliphatic heterocycles. The van der Waals surface area contributed by atoms with Gasteiger partial charge in [-0.3, -0.25) is 0 Å². The van der Waals surface area contributed by atoms with Crippen LogP contribution in [-0.4, -0.2) is 11.5 Å². The van der Waals surface area contributed by atoms with Crippen molar-refractivity contribution in [1.29, 1.82) is 0 Å². The van der Waals surface area contributed by atoms with Gasteiger partial charge < -0.3 is 5.32 Å². The topological polar surface area (TPSA) is 24.9 Å². The van der Waals surface area contributed by atoms with E-state index in [4.69, 9.17) is 11.6 Å². The van der Waals surface area contributed by atoms with Crippen LogP contribution in [0.4, 0.5) is 5.13 Å². The highest BCUT2D eigenvalue weighted by Crippen LogP contribution is 2.33. The highest BCUT2D eigenvalue weighted by molar-refractivity contribution is 7.22. The van der Waals surface area contributed by atoms with Gasteiger partial charge in [-0.25, -0.2) is 4.98 Å². The van der Waals surface area contributed by atoms with Gasteiger partial charge >= 0.3 is 0 Å². The summed E-state index contributed by atoms with van der Waals surface area (Å²) >= 11 is 7.84. The molecule has 0 saturated heterocycles. The molecule has 1 saturated carbocycles. The summed E-state index contributed by atoms with van der Waals surface area (Å²) in [7, 11) is 0. The number of nitrogens with zero attached hydrogens (tertiary/aromatic N) is 1. The number of fused-ring (bicyclic) bond motifs is 1. The second kappa shape index (κ2) is 5.68. The van der Waals surface area contributed by atoms with Crippen LogP contribution in [-0.2, 0) is 0 Å². The van der Waals surface area contributed by atoms with Crippen molar-refractivity contribution >= 4 is 38.3 Å². The van der Waals surface area contributed by atoms with Crippen molar-refractivity contribution in [2.45, 2.75) is 32.6 Å². The van der Waals surface area contributed by atoms with Gasteiger partial charge in [-0.05, 0) is 30.4 Å². The molecule has 1 heterocycles. The van der Waals surface area contributed by atoms with Gasteiger partial charge in [0.2, 0.25) is 0 Å². The van der Waals surface area contributed by atoms with Gasteiger partial charge in [-0.2, -0.15) is 0 Å². The van der Waals surface area contributed by atoms with Crippen molar-refractivity contribution in [2.24, 2.45) is 11.8 Å². The molecular weight excluding hydrogens is 276 g/mol. The van der Waals surface area contributed by atoms with E-state index < -0.39 is 0 Å². The van der Waals surface area contributed by atoms with E-state index in [0.29, 0.717) is 0 Å². The van der Waals surface area contributed by atoms with Crippen molar-refractivity contribution in [3.05, 3.63) is 23.2 Å². The van der Waals surface area contributed by atoms with Gasteiger partial charge in [-0.1, -0.05) is 55.2 Å². The first-order valence-corrected chi connectivity index (χ1v) is 8.22. The lowest BCUT2D eigenvalue weighted by atomic mass is 9.80. The predicted octanol–water partition coefficient (Wildman–Crippen LogP) is 5.19. The van der Waals surface area contributed by atoms with E-state index in [0.717, 1.165) is 38.8 Å². The zero-order chi connectivity index (χ0) is 13.2. The largest absolute Gasteiger partial charge is 0.361 e. The third kappa shape index (κ3) is 2.87. The maximum atomic E-state index is 6.19. The molecule has 0 bridgehead atoms. The van der Waals surface area contributed by atoms with Crippen molar-refractivity contribution in [3.63, 3.8) is 0 Å². The van der Waals surface area contributed by atoms with E-state index >= 15 is 0 Å². The fourth-order valence-electron chi connectivity index (χ4n) is 2.91. The van der Waals surface area contributed by atoms with Crippen molar-refractivity contribution in [2.75, 3.05) is 11.9 Å². The van der Waals surface area contributed by atoms with E-state index in [1.165, 1.54) is 25.7 Å². The van der Waals surface area contributed by atoms with Gasteiger partial charge in [0.05, 0.1) is 15.2 Å². The molecule has 3 rings (SSSR count). The van der Waals surface area contributed by atoms with Crippen LogP contribution >= 0.6 is 22.9 Å². The number of hydrogen-bond acceptors (Lipinski definition) is 3. The first kappa shape index (κ1) is 13.2. The van der Waals surface area contributed by atoms with Gasteiger partial charge in [0.25, 0.3) is 0 Å². The minimum atomic E-state index is 0.788. The molecule has 2 aromatic rings. The number of nitrogens with one attached hydrogen (secondary N) is 1. The van der Waals surface area contributed by atoms with E-state index in [-0.39, 0.29) is 0 Å². The molecule has 1 aromatic heterocycles. The second-order valence-corrected chi connectivity index (χ2v) is 6.92. The van der Waals surface area contributed by atoms with Crippen LogP contribution in [0.25, 0.3) is 10.2 Å². The lowest BCUT2D eigenvalue weighted by Crippen LogP contribution is -2.24. The Morgan fingerprint density at radius 2 is 2.21 bits per heavy atom. The summed E-state index contributed by atoms with van der Waals surface area (Å²) in [5, 5.41) is 5.31. The third-order valence-electron chi connectivity index (χ3n) is 4.17. The lowest BCUT2D eigenvalue weighted by Gasteiger charge is -2.28. The van der Waals surface area contributed by atoms with Crippen LogP contribution in [0.2, 0.25) is 5.02 Å². The number of hydrogen-bond donors (Lipinski definition) is 1. The van der Waals surface area contributed by atoms with Crippen LogP contribution in [0.1, 0.15) is 32.6 Å². The molecular formula is C15H19ClN2S. The Labute approximate surface area is 123 Å². The Morgan fingerprint density at radius 1 is 1.37 bits per heavy atom. The fraction of sp³-hybridized carbons (Fsp3) is 0.533. The zero-order valence-corrected chi connectivity index (χ0v) is 12.7. The Morgan fingerprint density at radius 3 is 3.00 bits per heavy atom. The average Bonchev–Trinajstić information content (AvgIpc) is 2.82. The Kier molecular flexibility index (Phi) is 3.94.